The van der Waals surface area contributed by atoms with Gasteiger partial charge < -0.3 is 4.74 Å². The summed E-state index contributed by atoms with van der Waals surface area (Å²) in [5, 5.41) is 0. The molecule has 1 nitrogen and oxygen atoms in total. The van der Waals surface area contributed by atoms with Crippen LogP contribution in [0.1, 0.15) is 72.4 Å². The van der Waals surface area contributed by atoms with E-state index in [1.165, 1.54) is 39.1 Å². The second-order valence-corrected chi connectivity index (χ2v) is 7.22. The first kappa shape index (κ1) is 16.1. The van der Waals surface area contributed by atoms with E-state index in [1.54, 1.807) is 0 Å². The van der Waals surface area contributed by atoms with Gasteiger partial charge in [0.05, 0.1) is 6.61 Å². The van der Waals surface area contributed by atoms with Gasteiger partial charge in [-0.3, -0.25) is 0 Å². The van der Waals surface area contributed by atoms with Gasteiger partial charge in [0.1, 0.15) is 5.75 Å². The fourth-order valence-electron chi connectivity index (χ4n) is 3.72. The molecule has 1 unspecified atom stereocenters. The first-order valence-electron chi connectivity index (χ1n) is 8.85. The summed E-state index contributed by atoms with van der Waals surface area (Å²) in [6, 6.07) is 11.4. The van der Waals surface area contributed by atoms with E-state index >= 15 is 0 Å². The maximum Gasteiger partial charge on any atom is 0.126 e. The molecule has 1 heteroatoms. The van der Waals surface area contributed by atoms with Crippen molar-refractivity contribution in [2.45, 2.75) is 59.3 Å². The lowest BCUT2D eigenvalue weighted by molar-refractivity contribution is 0.326. The Balaban J connectivity index is 1.96. The van der Waals surface area contributed by atoms with Crippen molar-refractivity contribution in [3.05, 3.63) is 63.7 Å². The Morgan fingerprint density at radius 3 is 2.39 bits per heavy atom. The monoisotopic (exact) mass is 308 g/mol. The molecule has 0 aliphatic carbocycles. The van der Waals surface area contributed by atoms with Crippen molar-refractivity contribution in [3.8, 4) is 5.75 Å². The largest absolute Gasteiger partial charge is 0.492 e. The summed E-state index contributed by atoms with van der Waals surface area (Å²) in [5.41, 5.74) is 8.34. The third kappa shape index (κ3) is 3.02. The summed E-state index contributed by atoms with van der Waals surface area (Å²) >= 11 is 0. The zero-order chi connectivity index (χ0) is 16.6. The number of rotatable bonds is 4. The van der Waals surface area contributed by atoms with E-state index in [-0.39, 0.29) is 0 Å². The van der Waals surface area contributed by atoms with Crippen LogP contribution in [-0.2, 0) is 6.42 Å². The van der Waals surface area contributed by atoms with E-state index in [1.807, 2.05) is 0 Å². The number of hydrogen-bond donors (Lipinski definition) is 0. The summed E-state index contributed by atoms with van der Waals surface area (Å²) in [7, 11) is 0. The van der Waals surface area contributed by atoms with Gasteiger partial charge in [-0.2, -0.15) is 0 Å². The summed E-state index contributed by atoms with van der Waals surface area (Å²) < 4.78 is 6.13. The van der Waals surface area contributed by atoms with Gasteiger partial charge in [0, 0.05) is 23.5 Å². The molecule has 0 saturated heterocycles. The average Bonchev–Trinajstić information content (AvgIpc) is 2.96. The molecular weight excluding hydrogens is 280 g/mol. The van der Waals surface area contributed by atoms with Crippen molar-refractivity contribution < 1.29 is 4.74 Å². The molecule has 3 rings (SSSR count). The predicted molar refractivity (Wildman–Crippen MR) is 97.8 cm³/mol. The molecule has 23 heavy (non-hydrogen) atoms. The minimum Gasteiger partial charge on any atom is -0.492 e. The molecule has 0 bridgehead atoms. The highest BCUT2D eigenvalue weighted by atomic mass is 16.5. The van der Waals surface area contributed by atoms with E-state index in [2.05, 4.69) is 65.0 Å². The van der Waals surface area contributed by atoms with Crippen LogP contribution in [0.2, 0.25) is 0 Å². The Hall–Kier alpha value is -1.76. The lowest BCUT2D eigenvalue weighted by Crippen LogP contribution is -1.99. The highest BCUT2D eigenvalue weighted by molar-refractivity contribution is 5.55. The van der Waals surface area contributed by atoms with Crippen LogP contribution in [0.4, 0.5) is 0 Å². The van der Waals surface area contributed by atoms with E-state index < -0.39 is 0 Å². The Bertz CT molecular complexity index is 695. The molecule has 122 valence electrons. The van der Waals surface area contributed by atoms with E-state index in [0.717, 1.165) is 19.4 Å². The Morgan fingerprint density at radius 2 is 1.78 bits per heavy atom. The van der Waals surface area contributed by atoms with Gasteiger partial charge in [-0.25, -0.2) is 0 Å². The molecule has 0 saturated carbocycles. The molecule has 1 atom stereocenters. The summed E-state index contributed by atoms with van der Waals surface area (Å²) in [4.78, 5) is 0. The van der Waals surface area contributed by atoms with E-state index in [0.29, 0.717) is 11.8 Å². The van der Waals surface area contributed by atoms with Crippen molar-refractivity contribution in [1.29, 1.82) is 0 Å². The van der Waals surface area contributed by atoms with E-state index in [9.17, 15) is 0 Å². The molecule has 2 aromatic rings. The summed E-state index contributed by atoms with van der Waals surface area (Å²) in [5.74, 6) is 2.32. The third-order valence-electron chi connectivity index (χ3n) is 5.21. The standard InChI is InChI=1S/C22H28O/c1-6-18-13-23-22-20(15(4)11-16(5)21(18)22)12-17-7-9-19(10-8-17)14(2)3/h7-11,14,18H,6,12-13H2,1-5H3. The maximum absolute atomic E-state index is 6.13. The lowest BCUT2D eigenvalue weighted by atomic mass is 9.88. The van der Waals surface area contributed by atoms with Crippen molar-refractivity contribution in [2.24, 2.45) is 0 Å². The van der Waals surface area contributed by atoms with Gasteiger partial charge >= 0.3 is 0 Å². The number of hydrogen-bond acceptors (Lipinski definition) is 1. The second-order valence-electron chi connectivity index (χ2n) is 7.22. The smallest absolute Gasteiger partial charge is 0.126 e. The molecule has 0 amide bonds. The molecule has 1 heterocycles. The van der Waals surface area contributed by atoms with Crippen LogP contribution in [0.15, 0.2) is 30.3 Å². The zero-order valence-electron chi connectivity index (χ0n) is 15.1. The highest BCUT2D eigenvalue weighted by Crippen LogP contribution is 2.42. The van der Waals surface area contributed by atoms with Crippen LogP contribution >= 0.6 is 0 Å². The number of ether oxygens (including phenoxy) is 1. The third-order valence-corrected chi connectivity index (χ3v) is 5.21. The van der Waals surface area contributed by atoms with Gasteiger partial charge in [-0.15, -0.1) is 0 Å². The second kappa shape index (κ2) is 6.39. The Labute approximate surface area is 140 Å². The van der Waals surface area contributed by atoms with Crippen LogP contribution in [0.25, 0.3) is 0 Å². The van der Waals surface area contributed by atoms with Gasteiger partial charge in [0.15, 0.2) is 0 Å². The van der Waals surface area contributed by atoms with Gasteiger partial charge in [-0.05, 0) is 48.4 Å². The molecule has 0 aromatic heterocycles. The molecule has 0 fully saturated rings. The fraction of sp³-hybridized carbons (Fsp3) is 0.455. The number of benzene rings is 2. The maximum atomic E-state index is 6.13. The average molecular weight is 308 g/mol. The van der Waals surface area contributed by atoms with Crippen LogP contribution in [0.3, 0.4) is 0 Å². The summed E-state index contributed by atoms with van der Waals surface area (Å²) in [6.45, 7) is 12.0. The molecule has 1 aliphatic rings. The molecule has 1 aliphatic heterocycles. The van der Waals surface area contributed by atoms with Gasteiger partial charge in [0.2, 0.25) is 0 Å². The van der Waals surface area contributed by atoms with Crippen LogP contribution in [0, 0.1) is 13.8 Å². The normalized spacial score (nSPS) is 16.5. The SMILES string of the molecule is CCC1COc2c(Cc3ccc(C(C)C)cc3)c(C)cc(C)c21. The lowest BCUT2D eigenvalue weighted by Gasteiger charge is -2.15. The van der Waals surface area contributed by atoms with Gasteiger partial charge in [-0.1, -0.05) is 51.1 Å². The van der Waals surface area contributed by atoms with Crippen LogP contribution < -0.4 is 4.74 Å². The molecule has 2 aromatic carbocycles. The molecular formula is C22H28O. The fourth-order valence-corrected chi connectivity index (χ4v) is 3.72. The van der Waals surface area contributed by atoms with E-state index in [4.69, 9.17) is 4.74 Å². The van der Waals surface area contributed by atoms with Crippen molar-refractivity contribution in [2.75, 3.05) is 6.61 Å². The first-order valence-corrected chi connectivity index (χ1v) is 8.85. The van der Waals surface area contributed by atoms with Gasteiger partial charge in [0.25, 0.3) is 0 Å². The minimum absolute atomic E-state index is 0.563. The highest BCUT2D eigenvalue weighted by Gasteiger charge is 2.28. The van der Waals surface area contributed by atoms with Crippen molar-refractivity contribution >= 4 is 0 Å². The van der Waals surface area contributed by atoms with Crippen LogP contribution in [0.5, 0.6) is 5.75 Å². The minimum atomic E-state index is 0.563. The molecule has 0 spiro atoms. The Morgan fingerprint density at radius 1 is 1.09 bits per heavy atom. The zero-order valence-corrected chi connectivity index (χ0v) is 15.1. The molecule has 0 radical (unpaired) electrons. The predicted octanol–water partition coefficient (Wildman–Crippen LogP) is 5.90. The topological polar surface area (TPSA) is 9.23 Å². The molecule has 0 N–H and O–H groups in total. The van der Waals surface area contributed by atoms with Crippen molar-refractivity contribution in [1.82, 2.24) is 0 Å². The quantitative estimate of drug-likeness (QED) is 0.683. The number of aryl methyl sites for hydroxylation is 2. The first-order chi connectivity index (χ1) is 11.0. The summed E-state index contributed by atoms with van der Waals surface area (Å²) in [6.07, 6.45) is 2.11. The Kier molecular flexibility index (Phi) is 4.48. The van der Waals surface area contributed by atoms with Crippen LogP contribution in [-0.4, -0.2) is 6.61 Å². The number of fused-ring (bicyclic) bond motifs is 1. The van der Waals surface area contributed by atoms with Crippen molar-refractivity contribution in [3.63, 3.8) is 0 Å².